The van der Waals surface area contributed by atoms with E-state index in [9.17, 15) is 9.59 Å². The molecular weight excluding hydrogens is 238 g/mol. The molecule has 2 atom stereocenters. The molecule has 0 saturated carbocycles. The molecule has 88 valence electrons. The Morgan fingerprint density at radius 2 is 1.73 bits per heavy atom. The van der Waals surface area contributed by atoms with Crippen LogP contribution in [0.3, 0.4) is 0 Å². The first-order valence-electron chi connectivity index (χ1n) is 4.46. The van der Waals surface area contributed by atoms with Crippen molar-refractivity contribution in [1.29, 1.82) is 0 Å². The minimum absolute atomic E-state index is 0.128. The molecule has 15 heavy (non-hydrogen) atoms. The molecule has 0 saturated heterocycles. The van der Waals surface area contributed by atoms with E-state index in [0.717, 1.165) is 0 Å². The van der Waals surface area contributed by atoms with Crippen molar-refractivity contribution in [1.82, 2.24) is 5.32 Å². The van der Waals surface area contributed by atoms with Crippen molar-refractivity contribution in [3.8, 4) is 0 Å². The van der Waals surface area contributed by atoms with Crippen molar-refractivity contribution < 1.29 is 19.8 Å². The zero-order valence-corrected chi connectivity index (χ0v) is 9.88. The highest BCUT2D eigenvalue weighted by Crippen LogP contribution is 2.11. The van der Waals surface area contributed by atoms with Gasteiger partial charge in [0.05, 0.1) is 17.1 Å². The topological polar surface area (TPSA) is 86.6 Å². The zero-order valence-electron chi connectivity index (χ0n) is 8.09. The lowest BCUT2D eigenvalue weighted by Gasteiger charge is -2.11. The van der Waals surface area contributed by atoms with E-state index >= 15 is 0 Å². The van der Waals surface area contributed by atoms with Gasteiger partial charge in [-0.2, -0.15) is 25.3 Å². The first-order valence-corrected chi connectivity index (χ1v) is 5.49. The number of carbonyl (C=O) groups is 2. The van der Waals surface area contributed by atoms with Crippen LogP contribution in [0.1, 0.15) is 12.8 Å². The number of aliphatic hydroxyl groups excluding tert-OH is 1. The van der Waals surface area contributed by atoms with Gasteiger partial charge in [-0.15, -0.1) is 0 Å². The largest absolute Gasteiger partial charge is 0.480 e. The quantitative estimate of drug-likeness (QED) is 0.398. The Hall–Kier alpha value is -0.400. The molecule has 0 radical (unpaired) electrons. The van der Waals surface area contributed by atoms with Crippen molar-refractivity contribution in [3.05, 3.63) is 0 Å². The maximum Gasteiger partial charge on any atom is 0.316 e. The number of thiol groups is 2. The lowest BCUT2D eigenvalue weighted by molar-refractivity contribution is -0.136. The Kier molecular flexibility index (Phi) is 7.63. The molecule has 7 heteroatoms. The molecule has 0 aliphatic carbocycles. The SMILES string of the molecule is O=C(O)C(S)CCC(S)C(=O)NCCO. The van der Waals surface area contributed by atoms with Gasteiger partial charge in [0.1, 0.15) is 0 Å². The molecule has 0 aliphatic rings. The number of carbonyl (C=O) groups excluding carboxylic acids is 1. The summed E-state index contributed by atoms with van der Waals surface area (Å²) in [4.78, 5) is 21.6. The second-order valence-corrected chi connectivity index (χ2v) is 4.21. The molecule has 0 aromatic rings. The van der Waals surface area contributed by atoms with Crippen LogP contribution in [0.4, 0.5) is 0 Å². The summed E-state index contributed by atoms with van der Waals surface area (Å²) >= 11 is 7.85. The van der Waals surface area contributed by atoms with E-state index in [2.05, 4.69) is 30.6 Å². The Bertz CT molecular complexity index is 225. The highest BCUT2D eigenvalue weighted by molar-refractivity contribution is 7.82. The third kappa shape index (κ3) is 6.64. The van der Waals surface area contributed by atoms with Gasteiger partial charge in [-0.1, -0.05) is 0 Å². The summed E-state index contributed by atoms with van der Waals surface area (Å²) in [6.07, 6.45) is 0.611. The van der Waals surface area contributed by atoms with Crippen molar-refractivity contribution in [2.75, 3.05) is 13.2 Å². The van der Waals surface area contributed by atoms with Crippen molar-refractivity contribution in [2.45, 2.75) is 23.3 Å². The number of hydrogen-bond acceptors (Lipinski definition) is 5. The third-order valence-corrected chi connectivity index (χ3v) is 2.68. The fourth-order valence-electron chi connectivity index (χ4n) is 0.867. The number of nitrogens with one attached hydrogen (secondary N) is 1. The van der Waals surface area contributed by atoms with Gasteiger partial charge < -0.3 is 15.5 Å². The molecular formula is C8H15NO4S2. The zero-order chi connectivity index (χ0) is 11.8. The number of hydrogen-bond donors (Lipinski definition) is 5. The molecule has 0 spiro atoms. The first-order chi connectivity index (χ1) is 6.99. The minimum Gasteiger partial charge on any atom is -0.480 e. The summed E-state index contributed by atoms with van der Waals surface area (Å²) in [5, 5.41) is 18.1. The van der Waals surface area contributed by atoms with Gasteiger partial charge in [0.2, 0.25) is 5.91 Å². The van der Waals surface area contributed by atoms with Gasteiger partial charge in [-0.3, -0.25) is 9.59 Å². The van der Waals surface area contributed by atoms with Crippen LogP contribution in [0, 0.1) is 0 Å². The predicted octanol–water partition coefficient (Wildman–Crippen LogP) is -0.444. The fourth-order valence-corrected chi connectivity index (χ4v) is 1.26. The molecule has 0 fully saturated rings. The number of amides is 1. The molecule has 0 bridgehead atoms. The molecule has 0 aliphatic heterocycles. The number of aliphatic carboxylic acids is 1. The van der Waals surface area contributed by atoms with E-state index in [4.69, 9.17) is 10.2 Å². The third-order valence-electron chi connectivity index (χ3n) is 1.71. The van der Waals surface area contributed by atoms with Crippen LogP contribution in [-0.2, 0) is 9.59 Å². The van der Waals surface area contributed by atoms with Crippen LogP contribution in [0.5, 0.6) is 0 Å². The molecule has 0 heterocycles. The average Bonchev–Trinajstić information content (AvgIpc) is 2.21. The van der Waals surface area contributed by atoms with Crippen LogP contribution in [-0.4, -0.2) is 45.7 Å². The van der Waals surface area contributed by atoms with Crippen LogP contribution < -0.4 is 5.32 Å². The Morgan fingerprint density at radius 1 is 1.20 bits per heavy atom. The van der Waals surface area contributed by atoms with Gasteiger partial charge in [-0.25, -0.2) is 0 Å². The van der Waals surface area contributed by atoms with Gasteiger partial charge in [-0.05, 0) is 12.8 Å². The van der Waals surface area contributed by atoms with Crippen molar-refractivity contribution in [3.63, 3.8) is 0 Å². The van der Waals surface area contributed by atoms with E-state index < -0.39 is 16.5 Å². The van der Waals surface area contributed by atoms with E-state index in [-0.39, 0.29) is 25.5 Å². The molecule has 1 amide bonds. The van der Waals surface area contributed by atoms with Gasteiger partial charge in [0.25, 0.3) is 0 Å². The Morgan fingerprint density at radius 3 is 2.20 bits per heavy atom. The lowest BCUT2D eigenvalue weighted by atomic mass is 10.1. The number of carboxylic acid groups (broad SMARTS) is 1. The molecule has 0 aromatic heterocycles. The maximum atomic E-state index is 11.2. The number of rotatable bonds is 7. The second-order valence-electron chi connectivity index (χ2n) is 2.96. The van der Waals surface area contributed by atoms with E-state index in [0.29, 0.717) is 6.42 Å². The molecule has 5 nitrogen and oxygen atoms in total. The summed E-state index contributed by atoms with van der Waals surface area (Å²) in [7, 11) is 0. The van der Waals surface area contributed by atoms with Gasteiger partial charge >= 0.3 is 5.97 Å². The van der Waals surface area contributed by atoms with Crippen molar-refractivity contribution >= 4 is 37.1 Å². The summed E-state index contributed by atoms with van der Waals surface area (Å²) in [5.74, 6) is -1.31. The van der Waals surface area contributed by atoms with Crippen LogP contribution in [0.25, 0.3) is 0 Å². The molecule has 0 rings (SSSR count). The Balaban J connectivity index is 3.77. The molecule has 0 aromatic carbocycles. The van der Waals surface area contributed by atoms with Crippen LogP contribution in [0.2, 0.25) is 0 Å². The summed E-state index contributed by atoms with van der Waals surface area (Å²) in [6.45, 7) is 0.0513. The highest BCUT2D eigenvalue weighted by Gasteiger charge is 2.18. The normalized spacial score (nSPS) is 14.3. The standard InChI is InChI=1S/C8H15NO4S2/c10-4-3-9-7(11)5(14)1-2-6(15)8(12)13/h5-6,10,14-15H,1-4H2,(H,9,11)(H,12,13). The average molecular weight is 253 g/mol. The first kappa shape index (κ1) is 14.6. The maximum absolute atomic E-state index is 11.2. The number of aliphatic hydroxyl groups is 1. The molecule has 3 N–H and O–H groups in total. The van der Waals surface area contributed by atoms with Crippen LogP contribution in [0.15, 0.2) is 0 Å². The summed E-state index contributed by atoms with van der Waals surface area (Å²) in [5.41, 5.74) is 0. The van der Waals surface area contributed by atoms with Gasteiger partial charge in [0.15, 0.2) is 0 Å². The fraction of sp³-hybridized carbons (Fsp3) is 0.750. The van der Waals surface area contributed by atoms with E-state index in [1.165, 1.54) is 0 Å². The smallest absolute Gasteiger partial charge is 0.316 e. The van der Waals surface area contributed by atoms with Gasteiger partial charge in [0, 0.05) is 6.54 Å². The van der Waals surface area contributed by atoms with E-state index in [1.54, 1.807) is 0 Å². The minimum atomic E-state index is -1.00. The van der Waals surface area contributed by atoms with Crippen LogP contribution >= 0.6 is 25.3 Å². The second kappa shape index (κ2) is 7.84. The summed E-state index contributed by atoms with van der Waals surface area (Å²) < 4.78 is 0. The predicted molar refractivity (Wildman–Crippen MR) is 62.5 cm³/mol. The number of carboxylic acids is 1. The van der Waals surface area contributed by atoms with Crippen molar-refractivity contribution in [2.24, 2.45) is 0 Å². The lowest BCUT2D eigenvalue weighted by Crippen LogP contribution is -2.34. The highest BCUT2D eigenvalue weighted by atomic mass is 32.1. The van der Waals surface area contributed by atoms with E-state index in [1.807, 2.05) is 0 Å². The monoisotopic (exact) mass is 253 g/mol. The molecule has 2 unspecified atom stereocenters. The summed E-state index contributed by atoms with van der Waals surface area (Å²) in [6, 6.07) is 0. The Labute approximate surface area is 99.1 Å².